The van der Waals surface area contributed by atoms with Crippen molar-refractivity contribution in [1.29, 1.82) is 0 Å². The van der Waals surface area contributed by atoms with E-state index in [4.69, 9.17) is 4.74 Å². The van der Waals surface area contributed by atoms with Crippen LogP contribution in [0.1, 0.15) is 40.5 Å². The van der Waals surface area contributed by atoms with Crippen LogP contribution in [0.25, 0.3) is 0 Å². The van der Waals surface area contributed by atoms with Gasteiger partial charge in [-0.3, -0.25) is 0 Å². The molecular weight excluding hydrogens is 278 g/mol. The topological polar surface area (TPSA) is 36.0 Å². The van der Waals surface area contributed by atoms with E-state index in [-0.39, 0.29) is 6.09 Å². The number of nitrogens with zero attached hydrogens (tertiary/aromatic N) is 3. The maximum absolute atomic E-state index is 12.1. The van der Waals surface area contributed by atoms with Gasteiger partial charge in [-0.1, -0.05) is 6.92 Å². The summed E-state index contributed by atoms with van der Waals surface area (Å²) in [6, 6.07) is 0. The Balaban J connectivity index is 1.75. The van der Waals surface area contributed by atoms with E-state index in [0.717, 1.165) is 39.1 Å². The molecule has 0 aromatic rings. The lowest BCUT2D eigenvalue weighted by Gasteiger charge is -2.26. The molecule has 2 aliphatic rings. The molecule has 1 amide bonds. The van der Waals surface area contributed by atoms with Gasteiger partial charge in [0.05, 0.1) is 0 Å². The number of carbonyl (C=O) groups is 1. The molecule has 5 nitrogen and oxygen atoms in total. The lowest BCUT2D eigenvalue weighted by molar-refractivity contribution is 0.0285. The van der Waals surface area contributed by atoms with Crippen LogP contribution in [0, 0.1) is 5.92 Å². The number of rotatable bonds is 3. The minimum Gasteiger partial charge on any atom is -0.444 e. The van der Waals surface area contributed by atoms with E-state index in [1.54, 1.807) is 0 Å². The summed E-state index contributed by atoms with van der Waals surface area (Å²) in [6.45, 7) is 16.7. The molecule has 128 valence electrons. The number of hydrogen-bond donors (Lipinski definition) is 0. The van der Waals surface area contributed by atoms with E-state index in [1.807, 2.05) is 25.7 Å². The maximum Gasteiger partial charge on any atom is 0.410 e. The van der Waals surface area contributed by atoms with Crippen molar-refractivity contribution in [3.63, 3.8) is 0 Å². The van der Waals surface area contributed by atoms with Crippen LogP contribution in [0.15, 0.2) is 0 Å². The van der Waals surface area contributed by atoms with Gasteiger partial charge in [-0.2, -0.15) is 0 Å². The summed E-state index contributed by atoms with van der Waals surface area (Å²) in [5.41, 5.74) is -0.399. The normalized spacial score (nSPS) is 25.3. The first-order chi connectivity index (χ1) is 10.4. The molecule has 0 N–H and O–H groups in total. The van der Waals surface area contributed by atoms with Crippen molar-refractivity contribution in [2.24, 2.45) is 5.92 Å². The van der Waals surface area contributed by atoms with Crippen LogP contribution < -0.4 is 0 Å². The quantitative estimate of drug-likeness (QED) is 0.801. The Morgan fingerprint density at radius 2 is 1.77 bits per heavy atom. The molecule has 2 rings (SSSR count). The average Bonchev–Trinajstić information content (AvgIpc) is 2.77. The molecule has 2 saturated heterocycles. The second-order valence-corrected chi connectivity index (χ2v) is 7.67. The number of amides is 1. The molecule has 0 saturated carbocycles. The zero-order chi connectivity index (χ0) is 16.2. The van der Waals surface area contributed by atoms with Gasteiger partial charge < -0.3 is 19.4 Å². The maximum atomic E-state index is 12.1. The molecule has 2 fully saturated rings. The van der Waals surface area contributed by atoms with Gasteiger partial charge in [0.25, 0.3) is 0 Å². The molecule has 5 heteroatoms. The zero-order valence-corrected chi connectivity index (χ0v) is 14.8. The van der Waals surface area contributed by atoms with Gasteiger partial charge in [0.2, 0.25) is 0 Å². The minimum absolute atomic E-state index is 0.150. The number of likely N-dealkylation sites (N-methyl/N-ethyl adjacent to an activating group) is 1. The molecule has 0 unspecified atom stereocenters. The third-order valence-corrected chi connectivity index (χ3v) is 4.58. The third-order valence-electron chi connectivity index (χ3n) is 4.58. The van der Waals surface area contributed by atoms with E-state index >= 15 is 0 Å². The van der Waals surface area contributed by atoms with E-state index < -0.39 is 5.60 Å². The second-order valence-electron chi connectivity index (χ2n) is 7.67. The lowest BCUT2D eigenvalue weighted by atomic mass is 10.1. The largest absolute Gasteiger partial charge is 0.444 e. The summed E-state index contributed by atoms with van der Waals surface area (Å²) >= 11 is 0. The molecule has 0 aromatic carbocycles. The van der Waals surface area contributed by atoms with Crippen molar-refractivity contribution in [2.45, 2.75) is 46.1 Å². The fourth-order valence-corrected chi connectivity index (χ4v) is 3.36. The average molecular weight is 311 g/mol. The highest BCUT2D eigenvalue weighted by Crippen LogP contribution is 2.21. The predicted octanol–water partition coefficient (Wildman–Crippen LogP) is 2.27. The zero-order valence-electron chi connectivity index (χ0n) is 14.8. The Kier molecular flexibility index (Phi) is 6.09. The van der Waals surface area contributed by atoms with Gasteiger partial charge in [-0.05, 0) is 59.2 Å². The molecule has 0 aromatic heterocycles. The minimum atomic E-state index is -0.399. The second kappa shape index (κ2) is 7.64. The molecule has 2 aliphatic heterocycles. The standard InChI is InChI=1S/C17H33N3O2/c1-5-18-8-6-9-19(12-11-18)13-15-7-10-20(14-15)16(21)22-17(2,3)4/h15H,5-14H2,1-4H3/t15-/m1/s1. The van der Waals surface area contributed by atoms with Gasteiger partial charge >= 0.3 is 6.09 Å². The van der Waals surface area contributed by atoms with E-state index in [9.17, 15) is 4.79 Å². The van der Waals surface area contributed by atoms with Crippen LogP contribution in [0.3, 0.4) is 0 Å². The summed E-state index contributed by atoms with van der Waals surface area (Å²) in [5, 5.41) is 0. The van der Waals surface area contributed by atoms with Crippen LogP contribution in [0.2, 0.25) is 0 Å². The first kappa shape index (κ1) is 17.5. The van der Waals surface area contributed by atoms with Crippen molar-refractivity contribution >= 4 is 6.09 Å². The summed E-state index contributed by atoms with van der Waals surface area (Å²) in [7, 11) is 0. The highest BCUT2D eigenvalue weighted by atomic mass is 16.6. The molecule has 0 bridgehead atoms. The number of ether oxygens (including phenoxy) is 1. The Hall–Kier alpha value is -0.810. The number of carbonyl (C=O) groups excluding carboxylic acids is 1. The SMILES string of the molecule is CCN1CCCN(C[C@H]2CCN(C(=O)OC(C)(C)C)C2)CC1. The first-order valence-corrected chi connectivity index (χ1v) is 8.80. The summed E-state index contributed by atoms with van der Waals surface area (Å²) in [4.78, 5) is 19.1. The number of likely N-dealkylation sites (tertiary alicyclic amines) is 1. The van der Waals surface area contributed by atoms with Gasteiger partial charge in [-0.25, -0.2) is 4.79 Å². The van der Waals surface area contributed by atoms with Gasteiger partial charge in [0.15, 0.2) is 0 Å². The Morgan fingerprint density at radius 1 is 1.09 bits per heavy atom. The molecule has 2 heterocycles. The molecule has 0 aliphatic carbocycles. The smallest absolute Gasteiger partial charge is 0.410 e. The summed E-state index contributed by atoms with van der Waals surface area (Å²) < 4.78 is 5.48. The highest BCUT2D eigenvalue weighted by molar-refractivity contribution is 5.68. The van der Waals surface area contributed by atoms with Crippen molar-refractivity contribution in [3.8, 4) is 0 Å². The van der Waals surface area contributed by atoms with Crippen LogP contribution in [-0.4, -0.2) is 78.8 Å². The van der Waals surface area contributed by atoms with E-state index in [0.29, 0.717) is 5.92 Å². The summed E-state index contributed by atoms with van der Waals surface area (Å²) in [6.07, 6.45) is 2.21. The monoisotopic (exact) mass is 311 g/mol. The Morgan fingerprint density at radius 3 is 2.45 bits per heavy atom. The molecular formula is C17H33N3O2. The fraction of sp³-hybridized carbons (Fsp3) is 0.941. The van der Waals surface area contributed by atoms with Crippen LogP contribution in [0.4, 0.5) is 4.79 Å². The Bertz CT molecular complexity index is 367. The molecule has 1 atom stereocenters. The van der Waals surface area contributed by atoms with Crippen molar-refractivity contribution in [1.82, 2.24) is 14.7 Å². The molecule has 0 radical (unpaired) electrons. The third kappa shape index (κ3) is 5.43. The van der Waals surface area contributed by atoms with Crippen molar-refractivity contribution < 1.29 is 9.53 Å². The lowest BCUT2D eigenvalue weighted by Crippen LogP contribution is -2.37. The van der Waals surface area contributed by atoms with Gasteiger partial charge in [-0.15, -0.1) is 0 Å². The van der Waals surface area contributed by atoms with Crippen LogP contribution in [-0.2, 0) is 4.74 Å². The molecule has 0 spiro atoms. The predicted molar refractivity (Wildman–Crippen MR) is 89.1 cm³/mol. The van der Waals surface area contributed by atoms with Crippen molar-refractivity contribution in [3.05, 3.63) is 0 Å². The molecule has 22 heavy (non-hydrogen) atoms. The Labute approximate surface area is 135 Å². The van der Waals surface area contributed by atoms with E-state index in [2.05, 4.69) is 16.7 Å². The fourth-order valence-electron chi connectivity index (χ4n) is 3.36. The first-order valence-electron chi connectivity index (χ1n) is 8.80. The van der Waals surface area contributed by atoms with E-state index in [1.165, 1.54) is 26.1 Å². The summed E-state index contributed by atoms with van der Waals surface area (Å²) in [5.74, 6) is 0.598. The van der Waals surface area contributed by atoms with Crippen LogP contribution >= 0.6 is 0 Å². The van der Waals surface area contributed by atoms with Gasteiger partial charge in [0, 0.05) is 32.7 Å². The van der Waals surface area contributed by atoms with Gasteiger partial charge in [0.1, 0.15) is 5.60 Å². The highest BCUT2D eigenvalue weighted by Gasteiger charge is 2.30. The number of hydrogen-bond acceptors (Lipinski definition) is 4. The van der Waals surface area contributed by atoms with Crippen molar-refractivity contribution in [2.75, 3.05) is 52.4 Å². The van der Waals surface area contributed by atoms with Crippen LogP contribution in [0.5, 0.6) is 0 Å².